The predicted molar refractivity (Wildman–Crippen MR) is 72.7 cm³/mol. The molecule has 7 heteroatoms. The van der Waals surface area contributed by atoms with E-state index < -0.39 is 6.61 Å². The topological polar surface area (TPSA) is 54.1 Å². The molecule has 0 aliphatic rings. The van der Waals surface area contributed by atoms with E-state index in [9.17, 15) is 13.6 Å². The highest BCUT2D eigenvalue weighted by molar-refractivity contribution is 7.71. The van der Waals surface area contributed by atoms with Crippen LogP contribution in [0.2, 0.25) is 0 Å². The fourth-order valence-electron chi connectivity index (χ4n) is 1.52. The van der Waals surface area contributed by atoms with Crippen molar-refractivity contribution >= 4 is 23.8 Å². The minimum Gasteiger partial charge on any atom is -0.435 e. The third-order valence-electron chi connectivity index (χ3n) is 2.40. The van der Waals surface area contributed by atoms with Gasteiger partial charge in [0.2, 0.25) is 0 Å². The maximum atomic E-state index is 12.0. The molecule has 2 aromatic rings. The molecule has 1 heterocycles. The van der Waals surface area contributed by atoms with E-state index >= 15 is 0 Å². The second kappa shape index (κ2) is 6.25. The molecule has 20 heavy (non-hydrogen) atoms. The van der Waals surface area contributed by atoms with E-state index in [1.807, 2.05) is 0 Å². The second-order valence-electron chi connectivity index (χ2n) is 3.77. The zero-order valence-electron chi connectivity index (χ0n) is 10.1. The largest absolute Gasteiger partial charge is 0.435 e. The van der Waals surface area contributed by atoms with Crippen molar-refractivity contribution in [3.63, 3.8) is 0 Å². The van der Waals surface area contributed by atoms with Gasteiger partial charge in [0.25, 0.3) is 5.91 Å². The van der Waals surface area contributed by atoms with Gasteiger partial charge in [-0.15, -0.1) is 0 Å². The smallest absolute Gasteiger partial charge is 0.387 e. The molecule has 0 fully saturated rings. The van der Waals surface area contributed by atoms with E-state index in [0.29, 0.717) is 15.9 Å². The Hall–Kier alpha value is -2.28. The van der Waals surface area contributed by atoms with Crippen molar-refractivity contribution in [1.29, 1.82) is 0 Å². The predicted octanol–water partition coefficient (Wildman–Crippen LogP) is 3.60. The molecule has 0 atom stereocenters. The van der Waals surface area contributed by atoms with Crippen molar-refractivity contribution in [2.45, 2.75) is 6.61 Å². The lowest BCUT2D eigenvalue weighted by atomic mass is 10.2. The number of carbonyl (C=O) groups excluding carboxylic acids is 1. The quantitative estimate of drug-likeness (QED) is 0.848. The molecule has 0 saturated carbocycles. The van der Waals surface area contributed by atoms with Crippen LogP contribution in [0.25, 0.3) is 0 Å². The number of H-pyrrole nitrogens is 1. The molecule has 0 spiro atoms. The summed E-state index contributed by atoms with van der Waals surface area (Å²) in [6, 6.07) is 8.85. The van der Waals surface area contributed by atoms with E-state index in [1.165, 1.54) is 24.3 Å². The van der Waals surface area contributed by atoms with Crippen LogP contribution in [0.1, 0.15) is 10.4 Å². The second-order valence-corrected chi connectivity index (χ2v) is 4.18. The summed E-state index contributed by atoms with van der Waals surface area (Å²) in [5.74, 6) is -0.357. The minimum absolute atomic E-state index is 0.0231. The molecule has 0 unspecified atom stereocenters. The van der Waals surface area contributed by atoms with Crippen LogP contribution in [0.4, 0.5) is 14.5 Å². The van der Waals surface area contributed by atoms with Crippen LogP contribution >= 0.6 is 12.2 Å². The number of halogens is 2. The number of alkyl halides is 2. The summed E-state index contributed by atoms with van der Waals surface area (Å²) >= 11 is 4.99. The SMILES string of the molecule is O=C(Nc1ccc(OC(F)F)cc1)c1ccc[nH]c1=S. The highest BCUT2D eigenvalue weighted by Crippen LogP contribution is 2.18. The molecule has 2 N–H and O–H groups in total. The maximum absolute atomic E-state index is 12.0. The number of carbonyl (C=O) groups is 1. The molecule has 0 aliphatic heterocycles. The summed E-state index contributed by atoms with van der Waals surface area (Å²) in [5, 5.41) is 2.61. The van der Waals surface area contributed by atoms with Gasteiger partial charge in [-0.05, 0) is 36.4 Å². The third kappa shape index (κ3) is 3.61. The van der Waals surface area contributed by atoms with Crippen LogP contribution in [-0.2, 0) is 0 Å². The van der Waals surface area contributed by atoms with Gasteiger partial charge in [-0.3, -0.25) is 4.79 Å². The zero-order chi connectivity index (χ0) is 14.5. The van der Waals surface area contributed by atoms with Crippen LogP contribution in [-0.4, -0.2) is 17.5 Å². The molecular weight excluding hydrogens is 286 g/mol. The monoisotopic (exact) mass is 296 g/mol. The number of anilines is 1. The summed E-state index contributed by atoms with van der Waals surface area (Å²) in [7, 11) is 0. The van der Waals surface area contributed by atoms with E-state index in [2.05, 4.69) is 15.0 Å². The average Bonchev–Trinajstić information content (AvgIpc) is 2.41. The first-order valence-corrected chi connectivity index (χ1v) is 6.01. The number of nitrogens with one attached hydrogen (secondary N) is 2. The first-order valence-electron chi connectivity index (χ1n) is 5.60. The van der Waals surface area contributed by atoms with Gasteiger partial charge in [-0.1, -0.05) is 12.2 Å². The van der Waals surface area contributed by atoms with Crippen molar-refractivity contribution in [3.8, 4) is 5.75 Å². The number of aromatic amines is 1. The molecule has 0 saturated heterocycles. The van der Waals surface area contributed by atoms with Gasteiger partial charge < -0.3 is 15.0 Å². The fraction of sp³-hybridized carbons (Fsp3) is 0.0769. The highest BCUT2D eigenvalue weighted by Gasteiger charge is 2.08. The van der Waals surface area contributed by atoms with E-state index in [-0.39, 0.29) is 11.7 Å². The van der Waals surface area contributed by atoms with Crippen molar-refractivity contribution in [3.05, 3.63) is 52.8 Å². The number of ether oxygens (including phenoxy) is 1. The lowest BCUT2D eigenvalue weighted by molar-refractivity contribution is -0.0498. The van der Waals surface area contributed by atoms with Crippen LogP contribution in [0, 0.1) is 4.64 Å². The molecule has 0 radical (unpaired) electrons. The molecule has 1 amide bonds. The zero-order valence-corrected chi connectivity index (χ0v) is 10.9. The van der Waals surface area contributed by atoms with E-state index in [4.69, 9.17) is 12.2 Å². The van der Waals surface area contributed by atoms with Crippen molar-refractivity contribution < 1.29 is 18.3 Å². The number of benzene rings is 1. The van der Waals surface area contributed by atoms with Gasteiger partial charge in [-0.25, -0.2) is 0 Å². The number of aromatic nitrogens is 1. The lowest BCUT2D eigenvalue weighted by Crippen LogP contribution is -2.12. The van der Waals surface area contributed by atoms with Gasteiger partial charge in [0.15, 0.2) is 0 Å². The maximum Gasteiger partial charge on any atom is 0.387 e. The number of rotatable bonds is 4. The Balaban J connectivity index is 2.09. The molecule has 104 valence electrons. The van der Waals surface area contributed by atoms with Crippen LogP contribution < -0.4 is 10.1 Å². The van der Waals surface area contributed by atoms with Gasteiger partial charge in [0, 0.05) is 11.9 Å². The molecule has 0 bridgehead atoms. The molecule has 1 aromatic heterocycles. The standard InChI is InChI=1S/C13H10F2N2O2S/c14-13(15)19-9-5-3-8(4-6-9)17-11(18)10-2-1-7-16-12(10)20/h1-7,13H,(H,16,20)(H,17,18). The first kappa shape index (κ1) is 14.1. The number of amides is 1. The first-order chi connectivity index (χ1) is 9.56. The Bertz CT molecular complexity index is 656. The van der Waals surface area contributed by atoms with E-state index in [0.717, 1.165) is 0 Å². The number of hydrogen-bond donors (Lipinski definition) is 2. The molecule has 1 aromatic carbocycles. The minimum atomic E-state index is -2.88. The Morgan fingerprint density at radius 1 is 1.25 bits per heavy atom. The van der Waals surface area contributed by atoms with E-state index in [1.54, 1.807) is 18.3 Å². The molecule has 0 aliphatic carbocycles. The summed E-state index contributed by atoms with van der Waals surface area (Å²) in [5.41, 5.74) is 0.783. The number of pyridine rings is 1. The molecular formula is C13H10F2N2O2S. The van der Waals surface area contributed by atoms with Gasteiger partial charge >= 0.3 is 6.61 Å². The van der Waals surface area contributed by atoms with Crippen LogP contribution in [0.15, 0.2) is 42.6 Å². The van der Waals surface area contributed by atoms with Crippen LogP contribution in [0.3, 0.4) is 0 Å². The third-order valence-corrected chi connectivity index (χ3v) is 2.74. The Kier molecular flexibility index (Phi) is 4.41. The van der Waals surface area contributed by atoms with Gasteiger partial charge in [0.05, 0.1) is 5.56 Å². The molecule has 2 rings (SSSR count). The summed E-state index contributed by atoms with van der Waals surface area (Å²) < 4.78 is 28.5. The summed E-state index contributed by atoms with van der Waals surface area (Å²) in [6.45, 7) is -2.88. The van der Waals surface area contributed by atoms with Crippen molar-refractivity contribution in [2.24, 2.45) is 0 Å². The van der Waals surface area contributed by atoms with Crippen molar-refractivity contribution in [2.75, 3.05) is 5.32 Å². The summed E-state index contributed by atoms with van der Waals surface area (Å²) in [6.07, 6.45) is 1.62. The summed E-state index contributed by atoms with van der Waals surface area (Å²) in [4.78, 5) is 14.7. The fourth-order valence-corrected chi connectivity index (χ4v) is 1.75. The Morgan fingerprint density at radius 3 is 2.55 bits per heavy atom. The Morgan fingerprint density at radius 2 is 1.95 bits per heavy atom. The van der Waals surface area contributed by atoms with Crippen LogP contribution in [0.5, 0.6) is 5.75 Å². The highest BCUT2D eigenvalue weighted by atomic mass is 32.1. The van der Waals surface area contributed by atoms with Gasteiger partial charge in [0.1, 0.15) is 10.4 Å². The number of hydrogen-bond acceptors (Lipinski definition) is 3. The van der Waals surface area contributed by atoms with Gasteiger partial charge in [-0.2, -0.15) is 8.78 Å². The lowest BCUT2D eigenvalue weighted by Gasteiger charge is -2.07. The van der Waals surface area contributed by atoms with Crippen molar-refractivity contribution in [1.82, 2.24) is 4.98 Å². The average molecular weight is 296 g/mol. The normalized spacial score (nSPS) is 10.3. The Labute approximate surface area is 118 Å². The molecule has 4 nitrogen and oxygen atoms in total.